The molecule has 0 aliphatic heterocycles. The van der Waals surface area contributed by atoms with Crippen LogP contribution in [0.4, 0.5) is 0 Å². The SMILES string of the molecule is CCCCN(C)C(=O)c1ccc(Cn2c(=O)c3cc(OC)c(OC)cc3n(CC(=O)NC(C)CC)c2=O)cc1. The molecule has 10 nitrogen and oxygen atoms in total. The quantitative estimate of drug-likeness (QED) is 0.380. The van der Waals surface area contributed by atoms with Gasteiger partial charge in [-0.3, -0.25) is 23.5 Å². The molecule has 2 amide bonds. The second kappa shape index (κ2) is 13.1. The molecule has 0 radical (unpaired) electrons. The number of benzene rings is 2. The molecule has 1 heterocycles. The van der Waals surface area contributed by atoms with Gasteiger partial charge in [0.05, 0.1) is 31.7 Å². The number of rotatable bonds is 12. The fourth-order valence-corrected chi connectivity index (χ4v) is 4.25. The van der Waals surface area contributed by atoms with E-state index in [-0.39, 0.29) is 41.8 Å². The predicted octanol–water partition coefficient (Wildman–Crippen LogP) is 3.02. The van der Waals surface area contributed by atoms with Gasteiger partial charge in [0.25, 0.3) is 11.5 Å². The average molecular weight is 539 g/mol. The minimum absolute atomic E-state index is 0.0327. The number of nitrogens with one attached hydrogen (secondary N) is 1. The lowest BCUT2D eigenvalue weighted by atomic mass is 10.1. The molecule has 2 aromatic carbocycles. The molecule has 1 atom stereocenters. The molecular formula is C29H38N4O6. The molecule has 0 fully saturated rings. The van der Waals surface area contributed by atoms with E-state index in [9.17, 15) is 19.2 Å². The van der Waals surface area contributed by atoms with Crippen LogP contribution in [-0.4, -0.2) is 59.7 Å². The fourth-order valence-electron chi connectivity index (χ4n) is 4.25. The van der Waals surface area contributed by atoms with Crippen molar-refractivity contribution in [3.8, 4) is 11.5 Å². The van der Waals surface area contributed by atoms with Crippen LogP contribution < -0.4 is 26.0 Å². The number of fused-ring (bicyclic) bond motifs is 1. The first-order valence-corrected chi connectivity index (χ1v) is 13.2. The van der Waals surface area contributed by atoms with E-state index in [2.05, 4.69) is 12.2 Å². The number of ether oxygens (including phenoxy) is 2. The van der Waals surface area contributed by atoms with Gasteiger partial charge >= 0.3 is 5.69 Å². The van der Waals surface area contributed by atoms with Crippen molar-refractivity contribution in [2.45, 2.75) is 59.2 Å². The summed E-state index contributed by atoms with van der Waals surface area (Å²) in [6.45, 7) is 6.26. The van der Waals surface area contributed by atoms with Crippen LogP contribution in [0.5, 0.6) is 11.5 Å². The van der Waals surface area contributed by atoms with Crippen molar-refractivity contribution >= 4 is 22.7 Å². The smallest absolute Gasteiger partial charge is 0.332 e. The highest BCUT2D eigenvalue weighted by Gasteiger charge is 2.20. The first kappa shape index (κ1) is 29.5. The van der Waals surface area contributed by atoms with Crippen molar-refractivity contribution in [2.24, 2.45) is 0 Å². The zero-order chi connectivity index (χ0) is 28.7. The first-order valence-electron chi connectivity index (χ1n) is 13.2. The minimum atomic E-state index is -0.626. The van der Waals surface area contributed by atoms with E-state index in [0.29, 0.717) is 29.2 Å². The number of hydrogen-bond donors (Lipinski definition) is 1. The number of carbonyl (C=O) groups is 2. The average Bonchev–Trinajstić information content (AvgIpc) is 2.95. The topological polar surface area (TPSA) is 112 Å². The Labute approximate surface area is 228 Å². The van der Waals surface area contributed by atoms with Crippen LogP contribution in [0.2, 0.25) is 0 Å². The van der Waals surface area contributed by atoms with Crippen LogP contribution in [0.3, 0.4) is 0 Å². The molecular weight excluding hydrogens is 500 g/mol. The van der Waals surface area contributed by atoms with Gasteiger partial charge in [0.15, 0.2) is 11.5 Å². The van der Waals surface area contributed by atoms with Crippen LogP contribution in [0.1, 0.15) is 56.0 Å². The van der Waals surface area contributed by atoms with Crippen LogP contribution in [0.25, 0.3) is 10.9 Å². The third-order valence-corrected chi connectivity index (χ3v) is 6.79. The Morgan fingerprint density at radius 1 is 1.00 bits per heavy atom. The van der Waals surface area contributed by atoms with Gasteiger partial charge in [-0.25, -0.2) is 4.79 Å². The highest BCUT2D eigenvalue weighted by atomic mass is 16.5. The van der Waals surface area contributed by atoms with Gasteiger partial charge in [0.2, 0.25) is 5.91 Å². The van der Waals surface area contributed by atoms with Crippen LogP contribution in [0.15, 0.2) is 46.0 Å². The van der Waals surface area contributed by atoms with E-state index in [4.69, 9.17) is 9.47 Å². The maximum atomic E-state index is 13.6. The number of hydrogen-bond acceptors (Lipinski definition) is 6. The summed E-state index contributed by atoms with van der Waals surface area (Å²) >= 11 is 0. The van der Waals surface area contributed by atoms with Crippen molar-refractivity contribution < 1.29 is 19.1 Å². The molecule has 10 heteroatoms. The second-order valence-electron chi connectivity index (χ2n) is 9.64. The molecule has 1 aromatic heterocycles. The summed E-state index contributed by atoms with van der Waals surface area (Å²) in [5, 5.41) is 3.08. The van der Waals surface area contributed by atoms with E-state index in [1.165, 1.54) is 30.9 Å². The van der Waals surface area contributed by atoms with Gasteiger partial charge in [0, 0.05) is 31.3 Å². The summed E-state index contributed by atoms with van der Waals surface area (Å²) in [6.07, 6.45) is 2.65. The molecule has 0 aliphatic rings. The number of nitrogens with zero attached hydrogens (tertiary/aromatic N) is 3. The number of aromatic nitrogens is 2. The monoisotopic (exact) mass is 538 g/mol. The Morgan fingerprint density at radius 3 is 2.23 bits per heavy atom. The lowest BCUT2D eigenvalue weighted by Gasteiger charge is -2.18. The molecule has 3 aromatic rings. The van der Waals surface area contributed by atoms with Gasteiger partial charge < -0.3 is 19.7 Å². The van der Waals surface area contributed by atoms with Crippen LogP contribution >= 0.6 is 0 Å². The van der Waals surface area contributed by atoms with E-state index in [0.717, 1.165) is 23.8 Å². The Bertz CT molecular complexity index is 1440. The van der Waals surface area contributed by atoms with E-state index in [1.807, 2.05) is 13.8 Å². The number of carbonyl (C=O) groups excluding carboxylic acids is 2. The Morgan fingerprint density at radius 2 is 1.64 bits per heavy atom. The van der Waals surface area contributed by atoms with Crippen molar-refractivity contribution in [3.63, 3.8) is 0 Å². The van der Waals surface area contributed by atoms with Crippen molar-refractivity contribution in [3.05, 3.63) is 68.4 Å². The molecule has 0 aliphatic carbocycles. The molecule has 3 rings (SSSR count). The summed E-state index contributed by atoms with van der Waals surface area (Å²) in [5.41, 5.74) is 0.318. The van der Waals surface area contributed by atoms with Crippen molar-refractivity contribution in [2.75, 3.05) is 27.8 Å². The van der Waals surface area contributed by atoms with Gasteiger partial charge in [-0.1, -0.05) is 32.4 Å². The molecule has 39 heavy (non-hydrogen) atoms. The molecule has 0 spiro atoms. The minimum Gasteiger partial charge on any atom is -0.493 e. The lowest BCUT2D eigenvalue weighted by molar-refractivity contribution is -0.122. The predicted molar refractivity (Wildman–Crippen MR) is 151 cm³/mol. The fraction of sp³-hybridized carbons (Fsp3) is 0.448. The number of unbranched alkanes of at least 4 members (excludes halogenated alkanes) is 1. The molecule has 1 N–H and O–H groups in total. The molecule has 0 saturated carbocycles. The maximum absolute atomic E-state index is 13.6. The third kappa shape index (κ3) is 6.68. The number of methoxy groups -OCH3 is 2. The maximum Gasteiger partial charge on any atom is 0.332 e. The van der Waals surface area contributed by atoms with Crippen molar-refractivity contribution in [1.82, 2.24) is 19.4 Å². The van der Waals surface area contributed by atoms with Crippen LogP contribution in [-0.2, 0) is 17.9 Å². The Hall–Kier alpha value is -4.08. The Kier molecular flexibility index (Phi) is 9.92. The van der Waals surface area contributed by atoms with Gasteiger partial charge in [-0.2, -0.15) is 0 Å². The highest BCUT2D eigenvalue weighted by Crippen LogP contribution is 2.30. The lowest BCUT2D eigenvalue weighted by Crippen LogP contribution is -2.44. The van der Waals surface area contributed by atoms with Crippen LogP contribution in [0, 0.1) is 0 Å². The largest absolute Gasteiger partial charge is 0.493 e. The van der Waals surface area contributed by atoms with Gasteiger partial charge in [0.1, 0.15) is 6.54 Å². The Balaban J connectivity index is 2.06. The van der Waals surface area contributed by atoms with E-state index < -0.39 is 11.2 Å². The third-order valence-electron chi connectivity index (χ3n) is 6.79. The summed E-state index contributed by atoms with van der Waals surface area (Å²) in [5.74, 6) is 0.233. The van der Waals surface area contributed by atoms with Crippen molar-refractivity contribution in [1.29, 1.82) is 0 Å². The molecule has 0 bridgehead atoms. The summed E-state index contributed by atoms with van der Waals surface area (Å²) < 4.78 is 13.1. The summed E-state index contributed by atoms with van der Waals surface area (Å²) in [7, 11) is 4.68. The molecule has 210 valence electrons. The number of amides is 2. The standard InChI is InChI=1S/C29H38N4O6/c1-7-9-14-31(4)27(35)21-12-10-20(11-13-21)17-33-28(36)22-15-24(38-5)25(39-6)16-23(22)32(29(33)37)18-26(34)30-19(3)8-2/h10-13,15-16,19H,7-9,14,17-18H2,1-6H3,(H,30,34). The molecule has 0 saturated heterocycles. The van der Waals surface area contributed by atoms with E-state index >= 15 is 0 Å². The van der Waals surface area contributed by atoms with Gasteiger partial charge in [-0.15, -0.1) is 0 Å². The molecule has 1 unspecified atom stereocenters. The summed E-state index contributed by atoms with van der Waals surface area (Å²) in [6, 6.07) is 9.83. The summed E-state index contributed by atoms with van der Waals surface area (Å²) in [4.78, 5) is 54.3. The zero-order valence-electron chi connectivity index (χ0n) is 23.6. The van der Waals surface area contributed by atoms with E-state index in [1.54, 1.807) is 36.2 Å². The highest BCUT2D eigenvalue weighted by molar-refractivity contribution is 5.94. The van der Waals surface area contributed by atoms with Gasteiger partial charge in [-0.05, 0) is 43.5 Å². The zero-order valence-corrected chi connectivity index (χ0v) is 23.6. The first-order chi connectivity index (χ1) is 18.6. The normalized spacial score (nSPS) is 11.7. The second-order valence-corrected chi connectivity index (χ2v) is 9.64.